The summed E-state index contributed by atoms with van der Waals surface area (Å²) in [5, 5.41) is 4.17. The quantitative estimate of drug-likeness (QED) is 0.787. The first kappa shape index (κ1) is 11.4. The van der Waals surface area contributed by atoms with E-state index in [4.69, 9.17) is 0 Å². The molecule has 1 aromatic carbocycles. The Labute approximate surface area is 100 Å². The molecular weight excluding hydrogens is 214 g/mol. The molecule has 0 spiro atoms. The van der Waals surface area contributed by atoms with Crippen molar-refractivity contribution in [2.75, 3.05) is 14.1 Å². The zero-order valence-corrected chi connectivity index (χ0v) is 10.2. The van der Waals surface area contributed by atoms with E-state index in [1.165, 1.54) is 0 Å². The van der Waals surface area contributed by atoms with Crippen LogP contribution in [0.4, 0.5) is 0 Å². The van der Waals surface area contributed by atoms with E-state index in [1.54, 1.807) is 29.9 Å². The van der Waals surface area contributed by atoms with Gasteiger partial charge in [-0.1, -0.05) is 30.3 Å². The lowest BCUT2D eigenvalue weighted by Gasteiger charge is -2.11. The van der Waals surface area contributed by atoms with E-state index in [0.29, 0.717) is 5.56 Å². The number of carbonyl (C=O) groups is 1. The smallest absolute Gasteiger partial charge is 0.257 e. The second kappa shape index (κ2) is 4.41. The van der Waals surface area contributed by atoms with E-state index in [2.05, 4.69) is 5.10 Å². The molecule has 0 fully saturated rings. The summed E-state index contributed by atoms with van der Waals surface area (Å²) in [6.07, 6.45) is 1.62. The number of hydrogen-bond donors (Lipinski definition) is 0. The molecule has 88 valence electrons. The number of nitrogens with zero attached hydrogens (tertiary/aromatic N) is 3. The Morgan fingerprint density at radius 2 is 1.88 bits per heavy atom. The Kier molecular flexibility index (Phi) is 2.95. The van der Waals surface area contributed by atoms with Crippen LogP contribution in [-0.2, 0) is 7.05 Å². The van der Waals surface area contributed by atoms with E-state index < -0.39 is 0 Å². The van der Waals surface area contributed by atoms with Crippen LogP contribution in [0.2, 0.25) is 0 Å². The minimum absolute atomic E-state index is 0.0306. The van der Waals surface area contributed by atoms with E-state index in [0.717, 1.165) is 11.3 Å². The van der Waals surface area contributed by atoms with Gasteiger partial charge in [0.1, 0.15) is 0 Å². The summed E-state index contributed by atoms with van der Waals surface area (Å²) in [7, 11) is 5.32. The Balaban J connectivity index is 2.55. The Hall–Kier alpha value is -2.10. The zero-order valence-electron chi connectivity index (χ0n) is 10.2. The predicted octanol–water partition coefficient (Wildman–Crippen LogP) is 1.79. The number of hydrogen-bond acceptors (Lipinski definition) is 2. The molecule has 0 saturated heterocycles. The average Bonchev–Trinajstić information content (AvgIpc) is 2.71. The third kappa shape index (κ3) is 2.06. The fourth-order valence-corrected chi connectivity index (χ4v) is 1.77. The normalized spacial score (nSPS) is 10.3. The second-order valence-electron chi connectivity index (χ2n) is 4.10. The van der Waals surface area contributed by atoms with Gasteiger partial charge in [-0.05, 0) is 0 Å². The Morgan fingerprint density at radius 3 is 2.47 bits per heavy atom. The van der Waals surface area contributed by atoms with Crippen molar-refractivity contribution in [3.63, 3.8) is 0 Å². The number of rotatable bonds is 2. The van der Waals surface area contributed by atoms with Crippen molar-refractivity contribution in [1.29, 1.82) is 0 Å². The second-order valence-corrected chi connectivity index (χ2v) is 4.10. The molecule has 0 radical (unpaired) electrons. The molecule has 4 heteroatoms. The first-order chi connectivity index (χ1) is 8.11. The highest BCUT2D eigenvalue weighted by Gasteiger charge is 2.18. The summed E-state index contributed by atoms with van der Waals surface area (Å²) in [6.45, 7) is 0. The van der Waals surface area contributed by atoms with Crippen LogP contribution >= 0.6 is 0 Å². The van der Waals surface area contributed by atoms with Gasteiger partial charge in [0.2, 0.25) is 0 Å². The molecule has 0 aliphatic carbocycles. The molecule has 0 saturated carbocycles. The molecule has 1 aromatic heterocycles. The molecule has 2 rings (SSSR count). The van der Waals surface area contributed by atoms with E-state index >= 15 is 0 Å². The van der Waals surface area contributed by atoms with Crippen molar-refractivity contribution >= 4 is 5.91 Å². The summed E-state index contributed by atoms with van der Waals surface area (Å²) in [4.78, 5) is 13.6. The van der Waals surface area contributed by atoms with Crippen molar-refractivity contribution < 1.29 is 4.79 Å². The van der Waals surface area contributed by atoms with Crippen molar-refractivity contribution in [2.24, 2.45) is 7.05 Å². The topological polar surface area (TPSA) is 38.1 Å². The number of carbonyl (C=O) groups excluding carboxylic acids is 1. The maximum absolute atomic E-state index is 12.0. The van der Waals surface area contributed by atoms with E-state index in [9.17, 15) is 4.79 Å². The maximum atomic E-state index is 12.0. The van der Waals surface area contributed by atoms with Crippen molar-refractivity contribution in [1.82, 2.24) is 14.7 Å². The molecular formula is C13H15N3O. The van der Waals surface area contributed by atoms with Gasteiger partial charge in [0.05, 0.1) is 17.5 Å². The van der Waals surface area contributed by atoms with Crippen LogP contribution in [0.1, 0.15) is 10.4 Å². The van der Waals surface area contributed by atoms with Crippen LogP contribution in [0.5, 0.6) is 0 Å². The Morgan fingerprint density at radius 1 is 1.24 bits per heavy atom. The summed E-state index contributed by atoms with van der Waals surface area (Å²) in [6, 6.07) is 9.80. The molecule has 1 heterocycles. The Bertz CT molecular complexity index is 529. The van der Waals surface area contributed by atoms with Crippen LogP contribution < -0.4 is 0 Å². The fourth-order valence-electron chi connectivity index (χ4n) is 1.77. The number of aryl methyl sites for hydroxylation is 1. The van der Waals surface area contributed by atoms with E-state index in [1.807, 2.05) is 37.4 Å². The summed E-state index contributed by atoms with van der Waals surface area (Å²) in [5.74, 6) is -0.0306. The van der Waals surface area contributed by atoms with Gasteiger partial charge in [0.15, 0.2) is 0 Å². The summed E-state index contributed by atoms with van der Waals surface area (Å²) in [5.41, 5.74) is 2.48. The highest BCUT2D eigenvalue weighted by Crippen LogP contribution is 2.23. The monoisotopic (exact) mass is 229 g/mol. The first-order valence-electron chi connectivity index (χ1n) is 5.40. The van der Waals surface area contributed by atoms with Gasteiger partial charge in [0, 0.05) is 26.7 Å². The minimum Gasteiger partial charge on any atom is -0.345 e. The van der Waals surface area contributed by atoms with Gasteiger partial charge >= 0.3 is 0 Å². The van der Waals surface area contributed by atoms with Crippen LogP contribution in [-0.4, -0.2) is 34.7 Å². The number of aromatic nitrogens is 2. The lowest BCUT2D eigenvalue weighted by Crippen LogP contribution is -2.22. The highest BCUT2D eigenvalue weighted by atomic mass is 16.2. The van der Waals surface area contributed by atoms with Gasteiger partial charge in [0.25, 0.3) is 5.91 Å². The summed E-state index contributed by atoms with van der Waals surface area (Å²) >= 11 is 0. The van der Waals surface area contributed by atoms with Crippen molar-refractivity contribution in [2.45, 2.75) is 0 Å². The highest BCUT2D eigenvalue weighted by molar-refractivity contribution is 5.99. The standard InChI is InChI=1S/C13H15N3O/c1-15(2)13(17)11-9-14-16(3)12(11)10-7-5-4-6-8-10/h4-9H,1-3H3. The first-order valence-corrected chi connectivity index (χ1v) is 5.40. The summed E-state index contributed by atoms with van der Waals surface area (Å²) < 4.78 is 1.73. The maximum Gasteiger partial charge on any atom is 0.257 e. The van der Waals surface area contributed by atoms with Gasteiger partial charge < -0.3 is 4.90 Å². The number of benzene rings is 1. The van der Waals surface area contributed by atoms with Crippen LogP contribution in [0, 0.1) is 0 Å². The van der Waals surface area contributed by atoms with Crippen LogP contribution in [0.3, 0.4) is 0 Å². The third-order valence-electron chi connectivity index (χ3n) is 2.62. The lowest BCUT2D eigenvalue weighted by molar-refractivity contribution is 0.0828. The molecule has 0 aliphatic rings. The van der Waals surface area contributed by atoms with E-state index in [-0.39, 0.29) is 5.91 Å². The van der Waals surface area contributed by atoms with Gasteiger partial charge in [-0.3, -0.25) is 9.48 Å². The average molecular weight is 229 g/mol. The number of amides is 1. The van der Waals surface area contributed by atoms with Crippen molar-refractivity contribution in [3.8, 4) is 11.3 Å². The third-order valence-corrected chi connectivity index (χ3v) is 2.62. The molecule has 2 aromatic rings. The lowest BCUT2D eigenvalue weighted by atomic mass is 10.1. The fraction of sp³-hybridized carbons (Fsp3) is 0.231. The predicted molar refractivity (Wildman–Crippen MR) is 66.7 cm³/mol. The van der Waals surface area contributed by atoms with Gasteiger partial charge in [-0.15, -0.1) is 0 Å². The molecule has 17 heavy (non-hydrogen) atoms. The van der Waals surface area contributed by atoms with Crippen molar-refractivity contribution in [3.05, 3.63) is 42.1 Å². The van der Waals surface area contributed by atoms with Gasteiger partial charge in [-0.25, -0.2) is 0 Å². The molecule has 0 N–H and O–H groups in total. The molecule has 4 nitrogen and oxygen atoms in total. The molecule has 0 bridgehead atoms. The molecule has 0 aliphatic heterocycles. The zero-order chi connectivity index (χ0) is 12.4. The largest absolute Gasteiger partial charge is 0.345 e. The van der Waals surface area contributed by atoms with Crippen LogP contribution in [0.25, 0.3) is 11.3 Å². The molecule has 1 amide bonds. The van der Waals surface area contributed by atoms with Crippen LogP contribution in [0.15, 0.2) is 36.5 Å². The minimum atomic E-state index is -0.0306. The van der Waals surface area contributed by atoms with Gasteiger partial charge in [-0.2, -0.15) is 5.10 Å². The molecule has 0 unspecified atom stereocenters. The molecule has 0 atom stereocenters. The SMILES string of the molecule is CN(C)C(=O)c1cnn(C)c1-c1ccccc1.